The first-order valence-corrected chi connectivity index (χ1v) is 11.0. The molecule has 1 saturated carbocycles. The highest BCUT2D eigenvalue weighted by Crippen LogP contribution is 2.52. The highest BCUT2D eigenvalue weighted by atomic mass is 35.5. The van der Waals surface area contributed by atoms with Crippen LogP contribution < -0.4 is 9.64 Å². The molecule has 1 aliphatic heterocycles. The molecule has 2 fully saturated rings. The Morgan fingerprint density at radius 2 is 1.80 bits per heavy atom. The number of piperidine rings is 1. The zero-order chi connectivity index (χ0) is 25.1. The number of hydrogen-bond acceptors (Lipinski definition) is 5. The van der Waals surface area contributed by atoms with Crippen LogP contribution in [0.1, 0.15) is 42.4 Å². The maximum atomic E-state index is 13.5. The molecule has 1 saturated heterocycles. The smallest absolute Gasteiger partial charge is 0.433 e. The Hall–Kier alpha value is -3.02. The van der Waals surface area contributed by atoms with Crippen LogP contribution in [0.15, 0.2) is 36.7 Å². The number of rotatable bonds is 4. The largest absolute Gasteiger partial charge is 0.495 e. The third-order valence-corrected chi connectivity index (χ3v) is 6.84. The molecule has 1 aliphatic carbocycles. The van der Waals surface area contributed by atoms with Gasteiger partial charge in [0.15, 0.2) is 5.82 Å². The van der Waals surface area contributed by atoms with Crippen LogP contribution in [0.4, 0.5) is 32.2 Å². The van der Waals surface area contributed by atoms with Gasteiger partial charge in [-0.3, -0.25) is 4.57 Å². The predicted octanol–water partition coefficient (Wildman–Crippen LogP) is 6.09. The van der Waals surface area contributed by atoms with Gasteiger partial charge in [0.1, 0.15) is 23.6 Å². The van der Waals surface area contributed by atoms with E-state index in [9.17, 15) is 26.3 Å². The summed E-state index contributed by atoms with van der Waals surface area (Å²) in [6, 6.07) is 4.78. The van der Waals surface area contributed by atoms with Crippen LogP contribution in [0.3, 0.4) is 0 Å². The van der Waals surface area contributed by atoms with Crippen LogP contribution in [0, 0.1) is 5.92 Å². The van der Waals surface area contributed by atoms with Gasteiger partial charge in [-0.25, -0.2) is 4.98 Å². The van der Waals surface area contributed by atoms with Crippen LogP contribution in [0.5, 0.6) is 5.75 Å². The lowest BCUT2D eigenvalue weighted by molar-refractivity contribution is -0.145. The fraction of sp³-hybridized carbons (Fsp3) is 0.409. The van der Waals surface area contributed by atoms with Crippen molar-refractivity contribution in [2.75, 3.05) is 12.0 Å². The molecule has 2 bridgehead atoms. The second kappa shape index (κ2) is 8.28. The summed E-state index contributed by atoms with van der Waals surface area (Å²) in [6.45, 7) is 0. The van der Waals surface area contributed by atoms with E-state index in [1.807, 2.05) is 0 Å². The number of anilines is 1. The maximum absolute atomic E-state index is 13.5. The average Bonchev–Trinajstić information content (AvgIpc) is 3.53. The number of ether oxygens (including phenoxy) is 1. The minimum atomic E-state index is -5.04. The Labute approximate surface area is 200 Å². The van der Waals surface area contributed by atoms with Crippen molar-refractivity contribution in [3.05, 3.63) is 58.8 Å². The molecule has 6 nitrogen and oxygen atoms in total. The lowest BCUT2D eigenvalue weighted by Gasteiger charge is -2.36. The molecule has 13 heteroatoms. The van der Waals surface area contributed by atoms with Gasteiger partial charge in [0, 0.05) is 12.1 Å². The second-order valence-electron chi connectivity index (χ2n) is 8.55. The first-order valence-electron chi connectivity index (χ1n) is 10.7. The van der Waals surface area contributed by atoms with Crippen molar-refractivity contribution in [1.82, 2.24) is 19.7 Å². The summed E-state index contributed by atoms with van der Waals surface area (Å²) in [5.41, 5.74) is -2.41. The van der Waals surface area contributed by atoms with Gasteiger partial charge in [-0.2, -0.15) is 26.3 Å². The first kappa shape index (κ1) is 23.7. The number of aromatic nitrogens is 4. The van der Waals surface area contributed by atoms with E-state index in [1.165, 1.54) is 18.3 Å². The molecule has 186 valence electrons. The monoisotopic (exact) mass is 517 g/mol. The Balaban J connectivity index is 1.63. The molecule has 0 N–H and O–H groups in total. The van der Waals surface area contributed by atoms with Gasteiger partial charge in [0.2, 0.25) is 0 Å². The Kier molecular flexibility index (Phi) is 5.61. The fourth-order valence-electron chi connectivity index (χ4n) is 5.05. The van der Waals surface area contributed by atoms with E-state index in [0.717, 1.165) is 6.42 Å². The Morgan fingerprint density at radius 3 is 2.49 bits per heavy atom. The fourth-order valence-corrected chi connectivity index (χ4v) is 5.24. The summed E-state index contributed by atoms with van der Waals surface area (Å²) >= 11 is 6.12. The number of methoxy groups -OCH3 is 1. The van der Waals surface area contributed by atoms with E-state index in [1.54, 1.807) is 22.8 Å². The van der Waals surface area contributed by atoms with Crippen molar-refractivity contribution in [2.24, 2.45) is 5.92 Å². The summed E-state index contributed by atoms with van der Waals surface area (Å²) in [5, 5.41) is 8.57. The first-order chi connectivity index (χ1) is 16.5. The number of hydrogen-bond donors (Lipinski definition) is 0. The third-order valence-electron chi connectivity index (χ3n) is 6.53. The standard InChI is InChI=1S/C22H18ClF6N5O/c1-35-16-9-13(4-5-15(16)23)33-10-30-32-20(33)19-11-2-3-14(6-11)34(19)18-8-12(21(24,25)26)7-17(31-18)22(27,28)29/h4-5,7-11,14,19H,2-3,6H2,1H3/t11-,14+,19-/m0/s1. The van der Waals surface area contributed by atoms with Gasteiger partial charge < -0.3 is 9.64 Å². The minimum absolute atomic E-state index is 0.0370. The third kappa shape index (κ3) is 4.17. The summed E-state index contributed by atoms with van der Waals surface area (Å²) in [7, 11) is 1.45. The van der Waals surface area contributed by atoms with E-state index in [4.69, 9.17) is 16.3 Å². The van der Waals surface area contributed by atoms with Gasteiger partial charge in [-0.1, -0.05) is 11.6 Å². The van der Waals surface area contributed by atoms with Crippen molar-refractivity contribution in [3.63, 3.8) is 0 Å². The van der Waals surface area contributed by atoms with Crippen molar-refractivity contribution in [1.29, 1.82) is 0 Å². The molecule has 0 radical (unpaired) electrons. The lowest BCUT2D eigenvalue weighted by atomic mass is 9.97. The Morgan fingerprint density at radius 1 is 1.03 bits per heavy atom. The lowest BCUT2D eigenvalue weighted by Crippen LogP contribution is -2.37. The zero-order valence-corrected chi connectivity index (χ0v) is 18.9. The number of halogens is 7. The van der Waals surface area contributed by atoms with Crippen LogP contribution in [-0.4, -0.2) is 32.9 Å². The second-order valence-corrected chi connectivity index (χ2v) is 8.96. The van der Waals surface area contributed by atoms with Gasteiger partial charge in [0.05, 0.1) is 29.4 Å². The summed E-state index contributed by atoms with van der Waals surface area (Å²) in [6.07, 6.45) is -6.59. The molecule has 35 heavy (non-hydrogen) atoms. The molecule has 0 unspecified atom stereocenters. The summed E-state index contributed by atoms with van der Waals surface area (Å²) in [4.78, 5) is 5.16. The predicted molar refractivity (Wildman–Crippen MR) is 114 cm³/mol. The highest BCUT2D eigenvalue weighted by Gasteiger charge is 2.50. The molecule has 0 amide bonds. The van der Waals surface area contributed by atoms with Crippen molar-refractivity contribution < 1.29 is 31.1 Å². The maximum Gasteiger partial charge on any atom is 0.433 e. The number of pyridine rings is 1. The van der Waals surface area contributed by atoms with Crippen LogP contribution >= 0.6 is 11.6 Å². The molecule has 3 heterocycles. The summed E-state index contributed by atoms with van der Waals surface area (Å²) < 4.78 is 87.8. The van der Waals surface area contributed by atoms with E-state index in [2.05, 4.69) is 15.2 Å². The van der Waals surface area contributed by atoms with Gasteiger partial charge in [-0.15, -0.1) is 10.2 Å². The minimum Gasteiger partial charge on any atom is -0.495 e. The molecule has 0 spiro atoms. The number of alkyl halides is 6. The molecular weight excluding hydrogens is 500 g/mol. The molecule has 3 atom stereocenters. The van der Waals surface area contributed by atoms with Gasteiger partial charge in [0.25, 0.3) is 0 Å². The van der Waals surface area contributed by atoms with E-state index < -0.39 is 29.7 Å². The number of fused-ring (bicyclic) bond motifs is 2. The van der Waals surface area contributed by atoms with Crippen LogP contribution in [0.2, 0.25) is 5.02 Å². The SMILES string of the molecule is COc1cc(-n2cnnc2[C@@H]2[C@H]3CC[C@H](C3)N2c2cc(C(F)(F)F)cc(C(F)(F)F)n2)ccc1Cl. The molecular formula is C22H18ClF6N5O. The molecule has 2 aromatic heterocycles. The molecule has 5 rings (SSSR count). The number of benzene rings is 1. The van der Waals surface area contributed by atoms with E-state index in [0.29, 0.717) is 41.2 Å². The van der Waals surface area contributed by atoms with Crippen LogP contribution in [-0.2, 0) is 12.4 Å². The normalized spacial score (nSPS) is 22.2. The summed E-state index contributed by atoms with van der Waals surface area (Å²) in [5.74, 6) is 0.354. The Bertz CT molecular complexity index is 1230. The zero-order valence-electron chi connectivity index (χ0n) is 18.1. The van der Waals surface area contributed by atoms with Crippen molar-refractivity contribution in [3.8, 4) is 11.4 Å². The topological polar surface area (TPSA) is 56.1 Å². The van der Waals surface area contributed by atoms with Gasteiger partial charge >= 0.3 is 12.4 Å². The molecule has 1 aromatic carbocycles. The van der Waals surface area contributed by atoms with Gasteiger partial charge in [-0.05, 0) is 49.4 Å². The van der Waals surface area contributed by atoms with E-state index >= 15 is 0 Å². The van der Waals surface area contributed by atoms with Crippen molar-refractivity contribution in [2.45, 2.75) is 43.7 Å². The quantitative estimate of drug-likeness (QED) is 0.392. The highest BCUT2D eigenvalue weighted by molar-refractivity contribution is 6.32. The van der Waals surface area contributed by atoms with Crippen LogP contribution in [0.25, 0.3) is 5.69 Å². The van der Waals surface area contributed by atoms with Crippen molar-refractivity contribution >= 4 is 17.4 Å². The van der Waals surface area contributed by atoms with E-state index in [-0.39, 0.29) is 23.8 Å². The number of nitrogens with zero attached hydrogens (tertiary/aromatic N) is 5. The average molecular weight is 518 g/mol. The molecule has 2 aliphatic rings. The molecule has 3 aromatic rings.